The van der Waals surface area contributed by atoms with E-state index in [9.17, 15) is 4.79 Å². The summed E-state index contributed by atoms with van der Waals surface area (Å²) in [6.07, 6.45) is 4.22. The highest BCUT2D eigenvalue weighted by molar-refractivity contribution is 7.15. The van der Waals surface area contributed by atoms with Gasteiger partial charge in [0, 0.05) is 53.8 Å². The van der Waals surface area contributed by atoms with Crippen LogP contribution in [0.4, 0.5) is 0 Å². The Morgan fingerprint density at radius 2 is 1.90 bits per heavy atom. The van der Waals surface area contributed by atoms with E-state index in [0.29, 0.717) is 12.4 Å². The largest absolute Gasteiger partial charge is 0.306 e. The number of aromatic nitrogens is 3. The summed E-state index contributed by atoms with van der Waals surface area (Å²) >= 11 is 1.81. The first-order valence-electron chi connectivity index (χ1n) is 9.65. The Kier molecular flexibility index (Phi) is 4.79. The number of benzene rings is 1. The Balaban J connectivity index is 1.34. The van der Waals surface area contributed by atoms with Gasteiger partial charge in [-0.2, -0.15) is 0 Å². The van der Waals surface area contributed by atoms with Crippen LogP contribution >= 0.6 is 11.3 Å². The first-order chi connectivity index (χ1) is 14.3. The van der Waals surface area contributed by atoms with E-state index < -0.39 is 0 Å². The van der Waals surface area contributed by atoms with Crippen molar-refractivity contribution in [3.8, 4) is 21.8 Å². The summed E-state index contributed by atoms with van der Waals surface area (Å²) in [5.41, 5.74) is 3.72. The Morgan fingerprint density at radius 3 is 2.72 bits per heavy atom. The quantitative estimate of drug-likeness (QED) is 0.560. The zero-order valence-corrected chi connectivity index (χ0v) is 16.7. The Morgan fingerprint density at radius 1 is 1.03 bits per heavy atom. The van der Waals surface area contributed by atoms with Crippen molar-refractivity contribution in [3.63, 3.8) is 0 Å². The van der Waals surface area contributed by atoms with Crippen LogP contribution in [0.2, 0.25) is 0 Å². The molecule has 1 aromatic carbocycles. The molecule has 6 heteroatoms. The van der Waals surface area contributed by atoms with E-state index in [1.54, 1.807) is 12.4 Å². The third-order valence-electron chi connectivity index (χ3n) is 5.18. The molecule has 144 valence electrons. The first-order valence-corrected chi connectivity index (χ1v) is 10.5. The second kappa shape index (κ2) is 7.73. The number of hydrogen-bond acceptors (Lipinski definition) is 5. The predicted octanol–water partition coefficient (Wildman–Crippen LogP) is 4.12. The summed E-state index contributed by atoms with van der Waals surface area (Å²) < 4.78 is 0. The van der Waals surface area contributed by atoms with Gasteiger partial charge < -0.3 is 4.98 Å². The van der Waals surface area contributed by atoms with Crippen molar-refractivity contribution < 1.29 is 0 Å². The van der Waals surface area contributed by atoms with Crippen LogP contribution < -0.4 is 5.56 Å². The maximum atomic E-state index is 12.7. The monoisotopic (exact) mass is 400 g/mol. The van der Waals surface area contributed by atoms with Crippen molar-refractivity contribution in [2.75, 3.05) is 6.54 Å². The topological polar surface area (TPSA) is 61.9 Å². The van der Waals surface area contributed by atoms with Gasteiger partial charge in [-0.05, 0) is 29.8 Å². The molecule has 0 saturated heterocycles. The lowest BCUT2D eigenvalue weighted by Gasteiger charge is -2.27. The van der Waals surface area contributed by atoms with E-state index in [1.165, 1.54) is 15.3 Å². The maximum absolute atomic E-state index is 12.7. The van der Waals surface area contributed by atoms with Gasteiger partial charge in [0.25, 0.3) is 5.56 Å². The lowest BCUT2D eigenvalue weighted by atomic mass is 10.1. The maximum Gasteiger partial charge on any atom is 0.255 e. The van der Waals surface area contributed by atoms with Gasteiger partial charge in [0.2, 0.25) is 0 Å². The average Bonchev–Trinajstić information content (AvgIpc) is 3.24. The Hall–Kier alpha value is -3.09. The third-order valence-corrected chi connectivity index (χ3v) is 6.30. The molecule has 0 radical (unpaired) electrons. The Bertz CT molecular complexity index is 1180. The zero-order valence-electron chi connectivity index (χ0n) is 15.8. The van der Waals surface area contributed by atoms with Gasteiger partial charge >= 0.3 is 0 Å². The van der Waals surface area contributed by atoms with Gasteiger partial charge in [0.1, 0.15) is 5.82 Å². The molecule has 5 rings (SSSR count). The van der Waals surface area contributed by atoms with Crippen LogP contribution in [-0.2, 0) is 19.5 Å². The van der Waals surface area contributed by atoms with Gasteiger partial charge in [0.05, 0.1) is 11.3 Å². The number of hydrogen-bond donors (Lipinski definition) is 1. The molecule has 4 aromatic rings. The minimum Gasteiger partial charge on any atom is -0.306 e. The second-order valence-electron chi connectivity index (χ2n) is 7.17. The van der Waals surface area contributed by atoms with Crippen LogP contribution in [0.5, 0.6) is 0 Å². The summed E-state index contributed by atoms with van der Waals surface area (Å²) in [7, 11) is 0. The number of pyridine rings is 1. The third kappa shape index (κ3) is 3.77. The van der Waals surface area contributed by atoms with Crippen LogP contribution in [0.15, 0.2) is 71.8 Å². The minimum absolute atomic E-state index is 0.0466. The number of nitrogens with zero attached hydrogens (tertiary/aromatic N) is 3. The van der Waals surface area contributed by atoms with E-state index in [2.05, 4.69) is 51.3 Å². The molecule has 3 aromatic heterocycles. The van der Waals surface area contributed by atoms with Crippen molar-refractivity contribution in [2.45, 2.75) is 19.5 Å². The van der Waals surface area contributed by atoms with Crippen LogP contribution in [0.25, 0.3) is 21.8 Å². The van der Waals surface area contributed by atoms with Crippen molar-refractivity contribution >= 4 is 11.3 Å². The lowest BCUT2D eigenvalue weighted by molar-refractivity contribution is 0.244. The van der Waals surface area contributed by atoms with Gasteiger partial charge in [-0.1, -0.05) is 30.3 Å². The second-order valence-corrected chi connectivity index (χ2v) is 8.34. The number of rotatable bonds is 4. The molecular formula is C23H20N4OS. The van der Waals surface area contributed by atoms with E-state index in [-0.39, 0.29) is 5.56 Å². The molecule has 0 amide bonds. The van der Waals surface area contributed by atoms with Crippen LogP contribution in [0.3, 0.4) is 0 Å². The fourth-order valence-electron chi connectivity index (χ4n) is 3.70. The molecule has 5 nitrogen and oxygen atoms in total. The zero-order chi connectivity index (χ0) is 19.6. The van der Waals surface area contributed by atoms with E-state index in [1.807, 2.05) is 29.5 Å². The number of nitrogens with one attached hydrogen (secondary N) is 1. The van der Waals surface area contributed by atoms with Gasteiger partial charge in [-0.15, -0.1) is 11.3 Å². The van der Waals surface area contributed by atoms with Crippen molar-refractivity contribution in [3.05, 3.63) is 93.5 Å². The highest BCUT2D eigenvalue weighted by Crippen LogP contribution is 2.29. The fraction of sp³-hybridized carbons (Fsp3) is 0.174. The average molecular weight is 401 g/mol. The van der Waals surface area contributed by atoms with E-state index >= 15 is 0 Å². The number of H-pyrrole nitrogens is 1. The summed E-state index contributed by atoms with van der Waals surface area (Å²) in [5.74, 6) is 0.598. The molecule has 0 bridgehead atoms. The number of thiophene rings is 1. The predicted molar refractivity (Wildman–Crippen MR) is 116 cm³/mol. The number of fused-ring (bicyclic) bond motifs is 1. The van der Waals surface area contributed by atoms with E-state index in [4.69, 9.17) is 4.98 Å². The van der Waals surface area contributed by atoms with Crippen LogP contribution in [0.1, 0.15) is 16.1 Å². The normalized spacial score (nSPS) is 13.9. The highest BCUT2D eigenvalue weighted by Gasteiger charge is 2.22. The molecular weight excluding hydrogens is 380 g/mol. The lowest BCUT2D eigenvalue weighted by Crippen LogP contribution is -2.35. The van der Waals surface area contributed by atoms with Crippen LogP contribution in [0, 0.1) is 0 Å². The molecule has 4 heterocycles. The van der Waals surface area contributed by atoms with E-state index in [0.717, 1.165) is 36.3 Å². The fourth-order valence-corrected chi connectivity index (χ4v) is 4.75. The van der Waals surface area contributed by atoms with Crippen molar-refractivity contribution in [2.24, 2.45) is 0 Å². The molecule has 0 spiro atoms. The molecule has 0 aliphatic carbocycles. The van der Waals surface area contributed by atoms with Crippen molar-refractivity contribution in [1.82, 2.24) is 19.9 Å². The van der Waals surface area contributed by atoms with Gasteiger partial charge in [-0.3, -0.25) is 14.7 Å². The summed E-state index contributed by atoms with van der Waals surface area (Å²) in [4.78, 5) is 29.4. The molecule has 0 fully saturated rings. The van der Waals surface area contributed by atoms with Crippen molar-refractivity contribution in [1.29, 1.82) is 0 Å². The molecule has 29 heavy (non-hydrogen) atoms. The highest BCUT2D eigenvalue weighted by atomic mass is 32.1. The van der Waals surface area contributed by atoms with Gasteiger partial charge in [-0.25, -0.2) is 4.98 Å². The summed E-state index contributed by atoms with van der Waals surface area (Å²) in [5, 5.41) is 0. The summed E-state index contributed by atoms with van der Waals surface area (Å²) in [6, 6.07) is 18.6. The molecule has 0 atom stereocenters. The number of aromatic amines is 1. The smallest absolute Gasteiger partial charge is 0.255 e. The molecule has 0 saturated carbocycles. The minimum atomic E-state index is -0.0466. The molecule has 1 N–H and O–H groups in total. The van der Waals surface area contributed by atoms with Gasteiger partial charge in [0.15, 0.2) is 0 Å². The standard InChI is InChI=1S/C23H20N4OS/c28-23-19-15-27(14-18-8-9-21(29-18)16-5-2-1-3-6-16)12-10-20(19)25-22(26-23)17-7-4-11-24-13-17/h1-9,11,13H,10,12,14-15H2,(H,25,26,28). The first kappa shape index (κ1) is 18.0. The summed E-state index contributed by atoms with van der Waals surface area (Å²) in [6.45, 7) is 2.37. The molecule has 1 aliphatic rings. The SMILES string of the molecule is O=c1[nH]c(-c2cccnc2)nc2c1CN(Cc1ccc(-c3ccccc3)s1)CC2. The van der Waals surface area contributed by atoms with Crippen LogP contribution in [-0.4, -0.2) is 26.4 Å². The Labute approximate surface area is 172 Å². The molecule has 1 aliphatic heterocycles. The molecule has 0 unspecified atom stereocenters.